The fourth-order valence-electron chi connectivity index (χ4n) is 2.51. The first-order valence-corrected chi connectivity index (χ1v) is 7.66. The van der Waals surface area contributed by atoms with Crippen molar-refractivity contribution in [1.82, 2.24) is 4.98 Å². The van der Waals surface area contributed by atoms with Gasteiger partial charge in [0.25, 0.3) is 0 Å². The van der Waals surface area contributed by atoms with Crippen LogP contribution in [0.2, 0.25) is 5.02 Å². The highest BCUT2D eigenvalue weighted by Gasteiger charge is 2.15. The fourth-order valence-corrected chi connectivity index (χ4v) is 2.76. The van der Waals surface area contributed by atoms with E-state index in [2.05, 4.69) is 10.3 Å². The molecule has 0 saturated heterocycles. The number of benzene rings is 2. The Morgan fingerprint density at radius 1 is 1.24 bits per heavy atom. The lowest BCUT2D eigenvalue weighted by Gasteiger charge is -2.13. The SMILES string of the molecule is COc1ccc(CNc2c(C#N)cnc3c(F)ccc(Cl)c23)cc1F. The van der Waals surface area contributed by atoms with E-state index in [1.807, 2.05) is 6.07 Å². The summed E-state index contributed by atoms with van der Waals surface area (Å²) in [7, 11) is 1.38. The topological polar surface area (TPSA) is 57.9 Å². The fraction of sp³-hybridized carbons (Fsp3) is 0.111. The molecule has 7 heteroatoms. The van der Waals surface area contributed by atoms with Gasteiger partial charge in [0, 0.05) is 18.1 Å². The lowest BCUT2D eigenvalue weighted by molar-refractivity contribution is 0.386. The average molecular weight is 360 g/mol. The van der Waals surface area contributed by atoms with E-state index in [0.29, 0.717) is 16.6 Å². The Morgan fingerprint density at radius 2 is 2.04 bits per heavy atom. The Kier molecular flexibility index (Phi) is 4.68. The first-order valence-electron chi connectivity index (χ1n) is 7.28. The Hall–Kier alpha value is -2.91. The second kappa shape index (κ2) is 6.91. The van der Waals surface area contributed by atoms with E-state index in [-0.39, 0.29) is 28.4 Å². The smallest absolute Gasteiger partial charge is 0.165 e. The monoisotopic (exact) mass is 359 g/mol. The summed E-state index contributed by atoms with van der Waals surface area (Å²) in [5, 5.41) is 12.9. The van der Waals surface area contributed by atoms with Crippen LogP contribution >= 0.6 is 11.6 Å². The summed E-state index contributed by atoms with van der Waals surface area (Å²) < 4.78 is 32.7. The van der Waals surface area contributed by atoms with Gasteiger partial charge in [-0.1, -0.05) is 17.7 Å². The number of hydrogen-bond donors (Lipinski definition) is 1. The third kappa shape index (κ3) is 3.19. The van der Waals surface area contributed by atoms with Crippen molar-refractivity contribution in [3.8, 4) is 11.8 Å². The standard InChI is InChI=1S/C18H12ClF2N3O/c1-25-15-5-2-10(6-14(15)21)8-23-17-11(7-22)9-24-18-13(20)4-3-12(19)16(17)18/h2-6,9H,8H2,1H3,(H,23,24). The van der Waals surface area contributed by atoms with Gasteiger partial charge in [0.1, 0.15) is 17.4 Å². The number of anilines is 1. The van der Waals surface area contributed by atoms with Crippen molar-refractivity contribution < 1.29 is 13.5 Å². The number of rotatable bonds is 4. The van der Waals surface area contributed by atoms with Crippen LogP contribution in [0.3, 0.4) is 0 Å². The molecule has 0 saturated carbocycles. The van der Waals surface area contributed by atoms with Crippen molar-refractivity contribution in [2.75, 3.05) is 12.4 Å². The van der Waals surface area contributed by atoms with E-state index in [1.165, 1.54) is 37.6 Å². The van der Waals surface area contributed by atoms with Crippen molar-refractivity contribution in [3.63, 3.8) is 0 Å². The molecule has 2 aromatic carbocycles. The maximum atomic E-state index is 14.0. The number of aromatic nitrogens is 1. The minimum atomic E-state index is -0.539. The third-order valence-corrected chi connectivity index (χ3v) is 4.04. The van der Waals surface area contributed by atoms with E-state index < -0.39 is 11.6 Å². The first-order chi connectivity index (χ1) is 12.0. The number of nitriles is 1. The summed E-state index contributed by atoms with van der Waals surface area (Å²) in [6.45, 7) is 0.210. The van der Waals surface area contributed by atoms with Gasteiger partial charge in [-0.25, -0.2) is 8.78 Å². The van der Waals surface area contributed by atoms with E-state index in [1.54, 1.807) is 6.07 Å². The van der Waals surface area contributed by atoms with Gasteiger partial charge in [0.2, 0.25) is 0 Å². The Balaban J connectivity index is 2.02. The van der Waals surface area contributed by atoms with Crippen molar-refractivity contribution in [2.45, 2.75) is 6.54 Å². The molecular formula is C18H12ClF2N3O. The quantitative estimate of drug-likeness (QED) is 0.736. The van der Waals surface area contributed by atoms with E-state index in [0.717, 1.165) is 0 Å². The Bertz CT molecular complexity index is 1000. The van der Waals surface area contributed by atoms with Crippen LogP contribution in [0.25, 0.3) is 10.9 Å². The Labute approximate surface area is 147 Å². The summed E-state index contributed by atoms with van der Waals surface area (Å²) >= 11 is 6.18. The zero-order valence-corrected chi connectivity index (χ0v) is 13.9. The molecule has 4 nitrogen and oxygen atoms in total. The number of hydrogen-bond acceptors (Lipinski definition) is 4. The van der Waals surface area contributed by atoms with Gasteiger partial charge in [-0.3, -0.25) is 4.98 Å². The maximum absolute atomic E-state index is 14.0. The third-order valence-electron chi connectivity index (χ3n) is 3.73. The average Bonchev–Trinajstić information content (AvgIpc) is 2.62. The van der Waals surface area contributed by atoms with Crippen molar-refractivity contribution in [1.29, 1.82) is 5.26 Å². The lowest BCUT2D eigenvalue weighted by atomic mass is 10.1. The van der Waals surface area contributed by atoms with Gasteiger partial charge in [-0.15, -0.1) is 0 Å². The molecule has 126 valence electrons. The van der Waals surface area contributed by atoms with Crippen LogP contribution in [-0.4, -0.2) is 12.1 Å². The predicted octanol–water partition coefficient (Wildman–Crippen LogP) is 4.66. The second-order valence-electron chi connectivity index (χ2n) is 5.23. The predicted molar refractivity (Wildman–Crippen MR) is 91.7 cm³/mol. The number of ether oxygens (including phenoxy) is 1. The molecule has 0 fully saturated rings. The van der Waals surface area contributed by atoms with Crippen LogP contribution in [0, 0.1) is 23.0 Å². The number of pyridine rings is 1. The minimum absolute atomic E-state index is 0.0647. The number of fused-ring (bicyclic) bond motifs is 1. The summed E-state index contributed by atoms with van der Waals surface area (Å²) in [5.41, 5.74) is 1.26. The number of nitrogens with one attached hydrogen (secondary N) is 1. The Morgan fingerprint density at radius 3 is 2.72 bits per heavy atom. The molecule has 0 radical (unpaired) electrons. The maximum Gasteiger partial charge on any atom is 0.165 e. The molecule has 1 heterocycles. The summed E-state index contributed by atoms with van der Waals surface area (Å²) in [4.78, 5) is 3.97. The molecule has 0 spiro atoms. The highest BCUT2D eigenvalue weighted by atomic mass is 35.5. The zero-order chi connectivity index (χ0) is 18.0. The molecule has 25 heavy (non-hydrogen) atoms. The van der Waals surface area contributed by atoms with E-state index in [9.17, 15) is 14.0 Å². The van der Waals surface area contributed by atoms with Gasteiger partial charge in [0.15, 0.2) is 11.6 Å². The van der Waals surface area contributed by atoms with Crippen LogP contribution in [0.1, 0.15) is 11.1 Å². The molecule has 0 aliphatic rings. The highest BCUT2D eigenvalue weighted by Crippen LogP contribution is 2.33. The molecular weight excluding hydrogens is 348 g/mol. The molecule has 0 bridgehead atoms. The summed E-state index contributed by atoms with van der Waals surface area (Å²) in [6.07, 6.45) is 1.28. The molecule has 0 unspecified atom stereocenters. The van der Waals surface area contributed by atoms with E-state index >= 15 is 0 Å². The van der Waals surface area contributed by atoms with Crippen LogP contribution in [-0.2, 0) is 6.54 Å². The van der Waals surface area contributed by atoms with Crippen molar-refractivity contribution in [3.05, 3.63) is 64.3 Å². The second-order valence-corrected chi connectivity index (χ2v) is 5.64. The van der Waals surface area contributed by atoms with Gasteiger partial charge in [0.05, 0.1) is 23.4 Å². The highest BCUT2D eigenvalue weighted by molar-refractivity contribution is 6.36. The van der Waals surface area contributed by atoms with Crippen molar-refractivity contribution in [2.24, 2.45) is 0 Å². The van der Waals surface area contributed by atoms with Crippen LogP contribution in [0.15, 0.2) is 36.5 Å². The van der Waals surface area contributed by atoms with Crippen LogP contribution < -0.4 is 10.1 Å². The van der Waals surface area contributed by atoms with Crippen molar-refractivity contribution >= 4 is 28.2 Å². The zero-order valence-electron chi connectivity index (χ0n) is 13.1. The normalized spacial score (nSPS) is 10.5. The number of methoxy groups -OCH3 is 1. The van der Waals surface area contributed by atoms with Gasteiger partial charge >= 0.3 is 0 Å². The molecule has 0 aliphatic carbocycles. The van der Waals surface area contributed by atoms with Gasteiger partial charge in [-0.2, -0.15) is 5.26 Å². The molecule has 1 aromatic heterocycles. The molecule has 3 aromatic rings. The van der Waals surface area contributed by atoms with Gasteiger partial charge < -0.3 is 10.1 Å². The lowest BCUT2D eigenvalue weighted by Crippen LogP contribution is -2.04. The van der Waals surface area contributed by atoms with E-state index in [4.69, 9.17) is 16.3 Å². The van der Waals surface area contributed by atoms with Crippen LogP contribution in [0.4, 0.5) is 14.5 Å². The minimum Gasteiger partial charge on any atom is -0.494 e. The largest absolute Gasteiger partial charge is 0.494 e. The van der Waals surface area contributed by atoms with Gasteiger partial charge in [-0.05, 0) is 29.8 Å². The molecule has 1 N–H and O–H groups in total. The number of nitrogens with zero attached hydrogens (tertiary/aromatic N) is 2. The summed E-state index contributed by atoms with van der Waals surface area (Å²) in [5.74, 6) is -0.894. The number of halogens is 3. The summed E-state index contributed by atoms with van der Waals surface area (Å²) in [6, 6.07) is 9.14. The molecule has 0 aliphatic heterocycles. The molecule has 3 rings (SSSR count). The molecule has 0 atom stereocenters. The first kappa shape index (κ1) is 16.9. The van der Waals surface area contributed by atoms with Crippen LogP contribution in [0.5, 0.6) is 5.75 Å². The molecule has 0 amide bonds.